The van der Waals surface area contributed by atoms with Gasteiger partial charge in [-0.25, -0.2) is 17.5 Å². The Labute approximate surface area is 110 Å². The molecule has 1 saturated heterocycles. The molecule has 100 valence electrons. The second-order valence-corrected chi connectivity index (χ2v) is 6.84. The zero-order valence-corrected chi connectivity index (χ0v) is 10.8. The SMILES string of the molecule is O=C1CN(S(=O)(=O)C2Cc3ccccc3C2)C(=O)N1. The quantitative estimate of drug-likeness (QED) is 0.775. The molecule has 1 aromatic rings. The molecule has 0 unspecified atom stereocenters. The van der Waals surface area contributed by atoms with E-state index in [1.807, 2.05) is 29.6 Å². The van der Waals surface area contributed by atoms with E-state index in [-0.39, 0.29) is 0 Å². The largest absolute Gasteiger partial charge is 0.338 e. The first-order chi connectivity index (χ1) is 8.98. The highest BCUT2D eigenvalue weighted by Gasteiger charge is 2.43. The summed E-state index contributed by atoms with van der Waals surface area (Å²) in [5.74, 6) is -0.580. The van der Waals surface area contributed by atoms with Gasteiger partial charge in [-0.3, -0.25) is 10.1 Å². The molecule has 0 atom stereocenters. The Kier molecular flexibility index (Phi) is 2.60. The highest BCUT2D eigenvalue weighted by atomic mass is 32.2. The Morgan fingerprint density at radius 2 is 1.68 bits per heavy atom. The van der Waals surface area contributed by atoms with Crippen LogP contribution in [0.5, 0.6) is 0 Å². The number of fused-ring (bicyclic) bond motifs is 1. The van der Waals surface area contributed by atoms with Crippen LogP contribution in [0, 0.1) is 0 Å². The van der Waals surface area contributed by atoms with Crippen LogP contribution in [-0.2, 0) is 27.7 Å². The first-order valence-corrected chi connectivity index (χ1v) is 7.41. The van der Waals surface area contributed by atoms with Gasteiger partial charge in [0.15, 0.2) is 0 Å². The van der Waals surface area contributed by atoms with Crippen LogP contribution in [-0.4, -0.2) is 36.5 Å². The molecule has 1 fully saturated rings. The van der Waals surface area contributed by atoms with Gasteiger partial charge in [-0.15, -0.1) is 0 Å². The minimum absolute atomic E-state index is 0.385. The molecule has 19 heavy (non-hydrogen) atoms. The zero-order valence-electron chi connectivity index (χ0n) is 10.00. The lowest BCUT2D eigenvalue weighted by molar-refractivity contribution is -0.118. The van der Waals surface area contributed by atoms with E-state index in [9.17, 15) is 18.0 Å². The van der Waals surface area contributed by atoms with E-state index in [0.29, 0.717) is 17.1 Å². The zero-order chi connectivity index (χ0) is 13.6. The lowest BCUT2D eigenvalue weighted by atomic mass is 10.1. The fraction of sp³-hybridized carbons (Fsp3) is 0.333. The second-order valence-electron chi connectivity index (χ2n) is 4.70. The molecule has 2 aliphatic rings. The summed E-state index contributed by atoms with van der Waals surface area (Å²) in [6.07, 6.45) is 0.771. The highest BCUT2D eigenvalue weighted by molar-refractivity contribution is 7.90. The van der Waals surface area contributed by atoms with Gasteiger partial charge < -0.3 is 0 Å². The lowest BCUT2D eigenvalue weighted by Crippen LogP contribution is -2.41. The Morgan fingerprint density at radius 1 is 1.11 bits per heavy atom. The smallest absolute Gasteiger partial charge is 0.276 e. The number of carbonyl (C=O) groups excluding carboxylic acids is 2. The van der Waals surface area contributed by atoms with Crippen molar-refractivity contribution >= 4 is 22.0 Å². The van der Waals surface area contributed by atoms with Crippen LogP contribution < -0.4 is 5.32 Å². The van der Waals surface area contributed by atoms with Crippen molar-refractivity contribution in [3.63, 3.8) is 0 Å². The third-order valence-corrected chi connectivity index (χ3v) is 5.59. The number of rotatable bonds is 2. The Hall–Kier alpha value is -1.89. The van der Waals surface area contributed by atoms with Crippen molar-refractivity contribution in [3.05, 3.63) is 35.4 Å². The molecule has 0 radical (unpaired) electrons. The molecule has 0 aromatic heterocycles. The molecule has 0 spiro atoms. The van der Waals surface area contributed by atoms with Crippen LogP contribution in [0.4, 0.5) is 4.79 Å². The van der Waals surface area contributed by atoms with Crippen molar-refractivity contribution in [2.45, 2.75) is 18.1 Å². The summed E-state index contributed by atoms with van der Waals surface area (Å²) in [5, 5.41) is 1.32. The number of hydrogen-bond acceptors (Lipinski definition) is 4. The minimum atomic E-state index is -3.79. The maximum absolute atomic E-state index is 12.4. The molecule has 1 aliphatic carbocycles. The van der Waals surface area contributed by atoms with Gasteiger partial charge in [0.05, 0.1) is 5.25 Å². The number of urea groups is 1. The molecule has 7 heteroatoms. The van der Waals surface area contributed by atoms with E-state index >= 15 is 0 Å². The van der Waals surface area contributed by atoms with E-state index in [2.05, 4.69) is 0 Å². The third kappa shape index (κ3) is 1.90. The van der Waals surface area contributed by atoms with Gasteiger partial charge >= 0.3 is 6.03 Å². The van der Waals surface area contributed by atoms with Crippen LogP contribution in [0.2, 0.25) is 0 Å². The predicted octanol–water partition coefficient (Wildman–Crippen LogP) is 0.0354. The van der Waals surface area contributed by atoms with Crippen molar-refractivity contribution in [3.8, 4) is 0 Å². The molecule has 3 amide bonds. The van der Waals surface area contributed by atoms with Crippen LogP contribution in [0.3, 0.4) is 0 Å². The number of nitrogens with zero attached hydrogens (tertiary/aromatic N) is 1. The number of carbonyl (C=O) groups is 2. The van der Waals surface area contributed by atoms with E-state index in [1.54, 1.807) is 0 Å². The Bertz CT molecular complexity index is 643. The van der Waals surface area contributed by atoms with Crippen molar-refractivity contribution < 1.29 is 18.0 Å². The topological polar surface area (TPSA) is 83.6 Å². The number of benzene rings is 1. The number of imide groups is 1. The number of nitrogens with one attached hydrogen (secondary N) is 1. The first kappa shape index (κ1) is 12.2. The van der Waals surface area contributed by atoms with E-state index in [4.69, 9.17) is 0 Å². The van der Waals surface area contributed by atoms with Crippen LogP contribution in [0.25, 0.3) is 0 Å². The molecule has 6 nitrogen and oxygen atoms in total. The molecule has 1 aliphatic heterocycles. The van der Waals surface area contributed by atoms with Gasteiger partial charge in [0.2, 0.25) is 15.9 Å². The van der Waals surface area contributed by atoms with Crippen molar-refractivity contribution in [1.82, 2.24) is 9.62 Å². The van der Waals surface area contributed by atoms with E-state index < -0.39 is 33.8 Å². The number of hydrogen-bond donors (Lipinski definition) is 1. The van der Waals surface area contributed by atoms with Gasteiger partial charge in [0.1, 0.15) is 6.54 Å². The molecule has 0 saturated carbocycles. The first-order valence-electron chi connectivity index (χ1n) is 5.90. The number of amides is 3. The predicted molar refractivity (Wildman–Crippen MR) is 66.8 cm³/mol. The standard InChI is InChI=1S/C12H12N2O4S/c15-11-7-14(12(16)13-11)19(17,18)10-5-8-3-1-2-4-9(8)6-10/h1-4,10H,5-7H2,(H,13,15,16). The van der Waals surface area contributed by atoms with Crippen molar-refractivity contribution in [2.75, 3.05) is 6.54 Å². The van der Waals surface area contributed by atoms with Gasteiger partial charge in [0.25, 0.3) is 0 Å². The van der Waals surface area contributed by atoms with Crippen molar-refractivity contribution in [1.29, 1.82) is 0 Å². The second kappa shape index (κ2) is 4.06. The molecule has 3 rings (SSSR count). The maximum Gasteiger partial charge on any atom is 0.338 e. The summed E-state index contributed by atoms with van der Waals surface area (Å²) in [5.41, 5.74) is 1.98. The summed E-state index contributed by atoms with van der Waals surface area (Å²) in [4.78, 5) is 22.6. The molecule has 1 heterocycles. The third-order valence-electron chi connectivity index (χ3n) is 3.50. The Morgan fingerprint density at radius 3 is 2.16 bits per heavy atom. The Balaban J connectivity index is 1.88. The molecular formula is C12H12N2O4S. The van der Waals surface area contributed by atoms with Crippen LogP contribution in [0.1, 0.15) is 11.1 Å². The lowest BCUT2D eigenvalue weighted by Gasteiger charge is -2.18. The van der Waals surface area contributed by atoms with Crippen LogP contribution >= 0.6 is 0 Å². The summed E-state index contributed by atoms with van der Waals surface area (Å²) in [7, 11) is -3.79. The average Bonchev–Trinajstić information content (AvgIpc) is 2.92. The molecular weight excluding hydrogens is 268 g/mol. The summed E-state index contributed by atoms with van der Waals surface area (Å²) < 4.78 is 25.4. The fourth-order valence-corrected chi connectivity index (χ4v) is 4.25. The van der Waals surface area contributed by atoms with Crippen molar-refractivity contribution in [2.24, 2.45) is 0 Å². The summed E-state index contributed by atoms with van der Waals surface area (Å²) >= 11 is 0. The van der Waals surface area contributed by atoms with Gasteiger partial charge in [0, 0.05) is 0 Å². The maximum atomic E-state index is 12.4. The molecule has 0 bridgehead atoms. The van der Waals surface area contributed by atoms with E-state index in [1.165, 1.54) is 0 Å². The normalized spacial score (nSPS) is 19.7. The summed E-state index contributed by atoms with van der Waals surface area (Å²) in [6, 6.07) is 6.65. The fourth-order valence-electron chi connectivity index (χ4n) is 2.54. The molecule has 1 aromatic carbocycles. The average molecular weight is 280 g/mol. The summed E-state index contributed by atoms with van der Waals surface area (Å²) in [6.45, 7) is -0.409. The number of sulfonamides is 1. The monoisotopic (exact) mass is 280 g/mol. The van der Waals surface area contributed by atoms with E-state index in [0.717, 1.165) is 11.1 Å². The highest BCUT2D eigenvalue weighted by Crippen LogP contribution is 2.28. The molecule has 1 N–H and O–H groups in total. The van der Waals surface area contributed by atoms with Gasteiger partial charge in [-0.2, -0.15) is 0 Å². The van der Waals surface area contributed by atoms with Gasteiger partial charge in [-0.1, -0.05) is 24.3 Å². The minimum Gasteiger partial charge on any atom is -0.276 e. The van der Waals surface area contributed by atoms with Crippen LogP contribution in [0.15, 0.2) is 24.3 Å². The van der Waals surface area contributed by atoms with Gasteiger partial charge in [-0.05, 0) is 24.0 Å².